The van der Waals surface area contributed by atoms with Crippen molar-refractivity contribution in [2.45, 2.75) is 32.9 Å². The molecule has 2 aliphatic rings. The van der Waals surface area contributed by atoms with Crippen LogP contribution in [0.25, 0.3) is 0 Å². The van der Waals surface area contributed by atoms with Crippen LogP contribution in [0, 0.1) is 6.92 Å². The van der Waals surface area contributed by atoms with Gasteiger partial charge in [0.2, 0.25) is 5.91 Å². The van der Waals surface area contributed by atoms with Gasteiger partial charge in [-0.1, -0.05) is 48.0 Å². The molecule has 1 fully saturated rings. The van der Waals surface area contributed by atoms with Gasteiger partial charge in [-0.05, 0) is 37.5 Å². The van der Waals surface area contributed by atoms with Crippen molar-refractivity contribution in [2.24, 2.45) is 0 Å². The molecule has 4 nitrogen and oxygen atoms in total. The summed E-state index contributed by atoms with van der Waals surface area (Å²) in [5.74, 6) is 0.243. The van der Waals surface area contributed by atoms with E-state index >= 15 is 0 Å². The maximum atomic E-state index is 13.1. The smallest absolute Gasteiger partial charge is 0.244 e. The van der Waals surface area contributed by atoms with Gasteiger partial charge in [0.25, 0.3) is 0 Å². The second-order valence-electron chi connectivity index (χ2n) is 7.84. The lowest BCUT2D eigenvalue weighted by molar-refractivity contribution is -0.123. The minimum Gasteiger partial charge on any atom is -0.310 e. The first-order valence-corrected chi connectivity index (χ1v) is 10.0. The first kappa shape index (κ1) is 18.2. The van der Waals surface area contributed by atoms with Gasteiger partial charge < -0.3 is 4.90 Å². The molecule has 1 atom stereocenters. The molecule has 1 unspecified atom stereocenters. The molecule has 4 heteroatoms. The zero-order valence-corrected chi connectivity index (χ0v) is 16.4. The molecular weight excluding hydrogens is 334 g/mol. The minimum absolute atomic E-state index is 0.0577. The lowest BCUT2D eigenvalue weighted by atomic mass is 10.1. The topological polar surface area (TPSA) is 26.8 Å². The quantitative estimate of drug-likeness (QED) is 0.835. The van der Waals surface area contributed by atoms with Gasteiger partial charge in [0.1, 0.15) is 0 Å². The summed E-state index contributed by atoms with van der Waals surface area (Å²) >= 11 is 0. The van der Waals surface area contributed by atoms with E-state index in [2.05, 4.69) is 66.1 Å². The number of nitrogens with zero attached hydrogens (tertiary/aromatic N) is 3. The van der Waals surface area contributed by atoms with Crippen molar-refractivity contribution in [3.8, 4) is 0 Å². The summed E-state index contributed by atoms with van der Waals surface area (Å²) in [7, 11) is 0. The predicted molar refractivity (Wildman–Crippen MR) is 110 cm³/mol. The van der Waals surface area contributed by atoms with Crippen LogP contribution >= 0.6 is 0 Å². The molecule has 2 aromatic carbocycles. The molecule has 2 aromatic rings. The molecule has 0 N–H and O–H groups in total. The lowest BCUT2D eigenvalue weighted by Crippen LogP contribution is -2.54. The Morgan fingerprint density at radius 2 is 1.67 bits per heavy atom. The molecule has 0 spiro atoms. The summed E-state index contributed by atoms with van der Waals surface area (Å²) in [5.41, 5.74) is 5.07. The highest BCUT2D eigenvalue weighted by atomic mass is 16.2. The summed E-state index contributed by atoms with van der Waals surface area (Å²) in [5, 5.41) is 0. The number of rotatable bonds is 4. The van der Waals surface area contributed by atoms with Crippen LogP contribution in [-0.2, 0) is 17.8 Å². The number of anilines is 1. The van der Waals surface area contributed by atoms with Crippen LogP contribution in [0.3, 0.4) is 0 Å². The van der Waals surface area contributed by atoms with Crippen molar-refractivity contribution in [2.75, 3.05) is 37.6 Å². The summed E-state index contributed by atoms with van der Waals surface area (Å²) in [6.07, 6.45) is 0.971. The summed E-state index contributed by atoms with van der Waals surface area (Å²) in [4.78, 5) is 19.9. The van der Waals surface area contributed by atoms with Gasteiger partial charge in [0.15, 0.2) is 0 Å². The van der Waals surface area contributed by atoms with E-state index in [9.17, 15) is 4.79 Å². The number of carbonyl (C=O) groups excluding carboxylic acids is 1. The Kier molecular flexibility index (Phi) is 5.28. The third kappa shape index (κ3) is 3.92. The molecule has 27 heavy (non-hydrogen) atoms. The van der Waals surface area contributed by atoms with E-state index in [1.807, 2.05) is 11.0 Å². The SMILES string of the molecule is Cc1ccc(CN2CCN(C(C)C(=O)N3CCc4ccccc43)CC2)cc1. The zero-order chi connectivity index (χ0) is 18.8. The molecule has 0 saturated carbocycles. The fourth-order valence-corrected chi connectivity index (χ4v) is 4.21. The average Bonchev–Trinajstić information content (AvgIpc) is 3.13. The summed E-state index contributed by atoms with van der Waals surface area (Å²) in [6.45, 7) is 9.94. The molecule has 142 valence electrons. The number of piperazine rings is 1. The number of fused-ring (bicyclic) bond motifs is 1. The maximum Gasteiger partial charge on any atom is 0.244 e. The largest absolute Gasteiger partial charge is 0.310 e. The molecule has 1 saturated heterocycles. The Balaban J connectivity index is 1.33. The molecule has 2 aliphatic heterocycles. The third-order valence-electron chi connectivity index (χ3n) is 5.99. The fraction of sp³-hybridized carbons (Fsp3) is 0.435. The van der Waals surface area contributed by atoms with Gasteiger partial charge >= 0.3 is 0 Å². The fourth-order valence-electron chi connectivity index (χ4n) is 4.21. The Bertz CT molecular complexity index is 794. The zero-order valence-electron chi connectivity index (χ0n) is 16.4. The van der Waals surface area contributed by atoms with Crippen LogP contribution < -0.4 is 4.90 Å². The molecule has 0 aliphatic carbocycles. The average molecular weight is 364 g/mol. The van der Waals surface area contributed by atoms with Crippen molar-refractivity contribution in [1.29, 1.82) is 0 Å². The van der Waals surface area contributed by atoms with Crippen molar-refractivity contribution >= 4 is 11.6 Å². The number of carbonyl (C=O) groups is 1. The van der Waals surface area contributed by atoms with Gasteiger partial charge in [-0.3, -0.25) is 14.6 Å². The number of hydrogen-bond donors (Lipinski definition) is 0. The summed E-state index contributed by atoms with van der Waals surface area (Å²) < 4.78 is 0. The van der Waals surface area contributed by atoms with E-state index < -0.39 is 0 Å². The van der Waals surface area contributed by atoms with Gasteiger partial charge in [-0.25, -0.2) is 0 Å². The van der Waals surface area contributed by atoms with E-state index in [4.69, 9.17) is 0 Å². The first-order valence-electron chi connectivity index (χ1n) is 10.0. The minimum atomic E-state index is -0.0577. The van der Waals surface area contributed by atoms with E-state index in [0.717, 1.165) is 51.4 Å². The van der Waals surface area contributed by atoms with E-state index in [1.54, 1.807) is 0 Å². The van der Waals surface area contributed by atoms with Crippen LogP contribution in [0.5, 0.6) is 0 Å². The summed E-state index contributed by atoms with van der Waals surface area (Å²) in [6, 6.07) is 17.0. The lowest BCUT2D eigenvalue weighted by Gasteiger charge is -2.38. The van der Waals surface area contributed by atoms with Gasteiger partial charge in [-0.2, -0.15) is 0 Å². The normalized spacial score (nSPS) is 19.1. The van der Waals surface area contributed by atoms with Crippen LogP contribution in [0.2, 0.25) is 0 Å². The maximum absolute atomic E-state index is 13.1. The molecule has 2 heterocycles. The van der Waals surface area contributed by atoms with Crippen molar-refractivity contribution < 1.29 is 4.79 Å². The molecule has 4 rings (SSSR count). The van der Waals surface area contributed by atoms with Gasteiger partial charge in [0.05, 0.1) is 6.04 Å². The monoisotopic (exact) mass is 363 g/mol. The number of para-hydroxylation sites is 1. The standard InChI is InChI=1S/C23H29N3O/c1-18-7-9-20(10-8-18)17-24-13-15-25(16-14-24)19(2)23(27)26-12-11-21-5-3-4-6-22(21)26/h3-10,19H,11-17H2,1-2H3. The van der Waals surface area contributed by atoms with E-state index in [0.29, 0.717) is 0 Å². The number of benzene rings is 2. The molecule has 1 amide bonds. The Morgan fingerprint density at radius 3 is 2.41 bits per heavy atom. The van der Waals surface area contributed by atoms with Crippen LogP contribution in [0.4, 0.5) is 5.69 Å². The van der Waals surface area contributed by atoms with Crippen molar-refractivity contribution in [1.82, 2.24) is 9.80 Å². The molecule has 0 bridgehead atoms. The second-order valence-corrected chi connectivity index (χ2v) is 7.84. The highest BCUT2D eigenvalue weighted by molar-refractivity contribution is 5.98. The second kappa shape index (κ2) is 7.83. The van der Waals surface area contributed by atoms with E-state index in [-0.39, 0.29) is 11.9 Å². The highest BCUT2D eigenvalue weighted by Gasteiger charge is 2.32. The number of amides is 1. The van der Waals surface area contributed by atoms with E-state index in [1.165, 1.54) is 16.7 Å². The highest BCUT2D eigenvalue weighted by Crippen LogP contribution is 2.28. The first-order chi connectivity index (χ1) is 13.1. The number of hydrogen-bond acceptors (Lipinski definition) is 3. The predicted octanol–water partition coefficient (Wildman–Crippen LogP) is 3.09. The van der Waals surface area contributed by atoms with Crippen molar-refractivity contribution in [3.63, 3.8) is 0 Å². The molecule has 0 aromatic heterocycles. The Labute approximate surface area is 162 Å². The molecular formula is C23H29N3O. The molecule has 0 radical (unpaired) electrons. The third-order valence-corrected chi connectivity index (χ3v) is 5.99. The number of aryl methyl sites for hydroxylation is 1. The van der Waals surface area contributed by atoms with Crippen LogP contribution in [0.1, 0.15) is 23.6 Å². The van der Waals surface area contributed by atoms with Crippen LogP contribution in [-0.4, -0.2) is 54.5 Å². The Morgan fingerprint density at radius 1 is 0.963 bits per heavy atom. The van der Waals surface area contributed by atoms with Crippen LogP contribution in [0.15, 0.2) is 48.5 Å². The van der Waals surface area contributed by atoms with Gasteiger partial charge in [-0.15, -0.1) is 0 Å². The Hall–Kier alpha value is -2.17. The van der Waals surface area contributed by atoms with Gasteiger partial charge in [0, 0.05) is 45.0 Å². The van der Waals surface area contributed by atoms with Crippen molar-refractivity contribution in [3.05, 3.63) is 65.2 Å².